The molecule has 1 heterocycles. The van der Waals surface area contributed by atoms with E-state index in [1.807, 2.05) is 42.9 Å². The van der Waals surface area contributed by atoms with E-state index in [4.69, 9.17) is 4.42 Å². The maximum Gasteiger partial charge on any atom is 0.430 e. The topological polar surface area (TPSA) is 36.4 Å². The van der Waals surface area contributed by atoms with Crippen LogP contribution in [-0.4, -0.2) is 19.2 Å². The molecule has 3 aromatic rings. The third kappa shape index (κ3) is 1.52. The fraction of sp³-hybridized carbons (Fsp3) is 0.154. The van der Waals surface area contributed by atoms with Crippen molar-refractivity contribution in [3.63, 3.8) is 0 Å². The molecule has 0 saturated heterocycles. The summed E-state index contributed by atoms with van der Waals surface area (Å²) in [6.45, 7) is 0. The van der Waals surface area contributed by atoms with Crippen LogP contribution in [-0.2, 0) is 0 Å². The molecule has 0 atom stereocenters. The molecule has 86 valence electrons. The van der Waals surface area contributed by atoms with Crippen molar-refractivity contribution in [1.29, 1.82) is 0 Å². The number of phenols is 1. The van der Waals surface area contributed by atoms with Crippen molar-refractivity contribution >= 4 is 32.4 Å². The average Bonchev–Trinajstić information content (AvgIpc) is 2.73. The molecule has 2 aromatic carbocycles. The first-order chi connectivity index (χ1) is 8.16. The standard InChI is InChI=1S/C13H11NO2S/c1-14(2)13-16-12-9-6-4-3-5-8(9)10(15)7-11(12)17-13/h3-7H,1-2H3/p+1. The smallest absolute Gasteiger partial charge is 0.430 e. The van der Waals surface area contributed by atoms with Crippen LogP contribution in [0.4, 0.5) is 0 Å². The molecule has 1 N–H and O–H groups in total. The Balaban J connectivity index is 2.60. The van der Waals surface area contributed by atoms with Gasteiger partial charge in [0, 0.05) is 16.8 Å². The first-order valence-electron chi connectivity index (χ1n) is 5.31. The number of fused-ring (bicyclic) bond motifs is 3. The largest absolute Gasteiger partial charge is 0.507 e. The predicted molar refractivity (Wildman–Crippen MR) is 70.4 cm³/mol. The number of aromatic hydroxyl groups is 1. The Morgan fingerprint density at radius 2 is 1.88 bits per heavy atom. The second-order valence-corrected chi connectivity index (χ2v) is 5.13. The fourth-order valence-electron chi connectivity index (χ4n) is 1.87. The zero-order valence-electron chi connectivity index (χ0n) is 9.60. The molecule has 3 nitrogen and oxygen atoms in total. The van der Waals surface area contributed by atoms with Crippen LogP contribution in [0.1, 0.15) is 0 Å². The quantitative estimate of drug-likeness (QED) is 0.618. The molecule has 0 aliphatic carbocycles. The van der Waals surface area contributed by atoms with Crippen LogP contribution in [0.15, 0.2) is 34.7 Å². The molecule has 0 aliphatic rings. The maximum absolute atomic E-state index is 9.97. The van der Waals surface area contributed by atoms with Crippen LogP contribution in [0.2, 0.25) is 0 Å². The Morgan fingerprint density at radius 3 is 2.59 bits per heavy atom. The van der Waals surface area contributed by atoms with E-state index in [-0.39, 0.29) is 0 Å². The molecule has 3 rings (SSSR count). The highest BCUT2D eigenvalue weighted by Gasteiger charge is 2.12. The van der Waals surface area contributed by atoms with E-state index in [9.17, 15) is 5.11 Å². The Morgan fingerprint density at radius 1 is 1.18 bits per heavy atom. The van der Waals surface area contributed by atoms with Gasteiger partial charge in [0.15, 0.2) is 5.58 Å². The van der Waals surface area contributed by atoms with Gasteiger partial charge < -0.3 is 9.52 Å². The first-order valence-corrected chi connectivity index (χ1v) is 6.13. The number of hydrogen-bond acceptors (Lipinski definition) is 3. The van der Waals surface area contributed by atoms with E-state index in [2.05, 4.69) is 0 Å². The van der Waals surface area contributed by atoms with Gasteiger partial charge in [0.05, 0.1) is 4.70 Å². The van der Waals surface area contributed by atoms with E-state index in [1.54, 1.807) is 6.07 Å². The minimum atomic E-state index is 0.301. The zero-order valence-corrected chi connectivity index (χ0v) is 10.4. The van der Waals surface area contributed by atoms with Crippen LogP contribution in [0.3, 0.4) is 0 Å². The Hall–Kier alpha value is -1.81. The van der Waals surface area contributed by atoms with E-state index in [0.29, 0.717) is 5.75 Å². The molecule has 1 aromatic heterocycles. The van der Waals surface area contributed by atoms with Crippen molar-refractivity contribution in [3.05, 3.63) is 35.2 Å². The summed E-state index contributed by atoms with van der Waals surface area (Å²) < 4.78 is 8.72. The summed E-state index contributed by atoms with van der Waals surface area (Å²) in [7, 11) is 3.88. The Labute approximate surface area is 102 Å². The first kappa shape index (κ1) is 10.4. The van der Waals surface area contributed by atoms with E-state index in [0.717, 1.165) is 25.9 Å². The monoisotopic (exact) mass is 246 g/mol. The second-order valence-electron chi connectivity index (χ2n) is 4.13. The Bertz CT molecular complexity index is 779. The summed E-state index contributed by atoms with van der Waals surface area (Å²) in [5.74, 6) is 0.301. The number of hydrogen-bond donors (Lipinski definition) is 1. The van der Waals surface area contributed by atoms with Gasteiger partial charge in [0.2, 0.25) is 0 Å². The summed E-state index contributed by atoms with van der Waals surface area (Å²) in [6.07, 6.45) is 0. The molecule has 4 heteroatoms. The Kier molecular flexibility index (Phi) is 2.19. The third-order valence-corrected chi connectivity index (χ3v) is 3.84. The van der Waals surface area contributed by atoms with Gasteiger partial charge in [-0.25, -0.2) is 0 Å². The minimum absolute atomic E-state index is 0.301. The van der Waals surface area contributed by atoms with Gasteiger partial charge >= 0.3 is 4.87 Å². The SMILES string of the molecule is C[N+](C)=c1oc2c(cc(O)c3ccccc32)s1. The molecule has 0 amide bonds. The number of nitrogens with zero attached hydrogens (tertiary/aromatic N) is 1. The minimum Gasteiger partial charge on any atom is -0.507 e. The van der Waals surface area contributed by atoms with Gasteiger partial charge in [-0.15, -0.1) is 0 Å². The lowest BCUT2D eigenvalue weighted by molar-refractivity contribution is 0.482. The molecule has 0 radical (unpaired) electrons. The number of benzene rings is 2. The van der Waals surface area contributed by atoms with E-state index < -0.39 is 0 Å². The van der Waals surface area contributed by atoms with Crippen molar-refractivity contribution in [2.45, 2.75) is 0 Å². The fourth-order valence-corrected chi connectivity index (χ4v) is 2.78. The predicted octanol–water partition coefficient (Wildman–Crippen LogP) is 2.38. The average molecular weight is 246 g/mol. The van der Waals surface area contributed by atoms with Crippen molar-refractivity contribution in [3.8, 4) is 5.75 Å². The van der Waals surface area contributed by atoms with Gasteiger partial charge in [-0.1, -0.05) is 24.3 Å². The highest BCUT2D eigenvalue weighted by Crippen LogP contribution is 2.33. The van der Waals surface area contributed by atoms with Gasteiger partial charge in [-0.2, -0.15) is 4.58 Å². The summed E-state index contributed by atoms with van der Waals surface area (Å²) in [5.41, 5.74) is 0.840. The molecule has 0 fully saturated rings. The molecular weight excluding hydrogens is 234 g/mol. The van der Waals surface area contributed by atoms with Gasteiger partial charge in [0.25, 0.3) is 0 Å². The van der Waals surface area contributed by atoms with Crippen LogP contribution in [0.5, 0.6) is 5.75 Å². The highest BCUT2D eigenvalue weighted by atomic mass is 32.1. The van der Waals surface area contributed by atoms with Crippen LogP contribution >= 0.6 is 11.3 Å². The maximum atomic E-state index is 9.97. The molecule has 0 saturated carbocycles. The summed E-state index contributed by atoms with van der Waals surface area (Å²) in [5, 5.41) is 11.7. The van der Waals surface area contributed by atoms with Gasteiger partial charge in [0.1, 0.15) is 19.8 Å². The molecule has 0 bridgehead atoms. The lowest BCUT2D eigenvalue weighted by Gasteiger charge is -1.99. The van der Waals surface area contributed by atoms with Gasteiger partial charge in [-0.3, -0.25) is 0 Å². The highest BCUT2D eigenvalue weighted by molar-refractivity contribution is 7.16. The number of phenolic OH excluding ortho intramolecular Hbond substituents is 1. The third-order valence-electron chi connectivity index (χ3n) is 2.69. The van der Waals surface area contributed by atoms with Crippen molar-refractivity contribution in [2.75, 3.05) is 14.1 Å². The second kappa shape index (κ2) is 3.60. The van der Waals surface area contributed by atoms with Crippen LogP contribution < -0.4 is 9.44 Å². The summed E-state index contributed by atoms with van der Waals surface area (Å²) >= 11 is 1.53. The van der Waals surface area contributed by atoms with Crippen LogP contribution in [0.25, 0.3) is 21.1 Å². The molecule has 0 aliphatic heterocycles. The molecular formula is C13H12NO2S+. The number of rotatable bonds is 0. The van der Waals surface area contributed by atoms with Crippen molar-refractivity contribution < 1.29 is 9.52 Å². The molecule has 0 spiro atoms. The lowest BCUT2D eigenvalue weighted by Crippen LogP contribution is -2.16. The lowest BCUT2D eigenvalue weighted by atomic mass is 10.1. The van der Waals surface area contributed by atoms with Crippen molar-refractivity contribution in [2.24, 2.45) is 0 Å². The molecule has 17 heavy (non-hydrogen) atoms. The van der Waals surface area contributed by atoms with Gasteiger partial charge in [-0.05, 0) is 11.3 Å². The zero-order chi connectivity index (χ0) is 12.0. The van der Waals surface area contributed by atoms with E-state index >= 15 is 0 Å². The van der Waals surface area contributed by atoms with Crippen LogP contribution in [0, 0.1) is 0 Å². The normalized spacial score (nSPS) is 11.2. The molecule has 0 unspecified atom stereocenters. The summed E-state index contributed by atoms with van der Waals surface area (Å²) in [6, 6.07) is 9.48. The van der Waals surface area contributed by atoms with E-state index in [1.165, 1.54) is 11.3 Å². The van der Waals surface area contributed by atoms with Crippen molar-refractivity contribution in [1.82, 2.24) is 4.58 Å². The summed E-state index contributed by atoms with van der Waals surface area (Å²) in [4.78, 5) is 0.829.